The normalized spacial score (nSPS) is 17.9. The van der Waals surface area contributed by atoms with Gasteiger partial charge in [-0.2, -0.15) is 0 Å². The lowest BCUT2D eigenvalue weighted by Gasteiger charge is -2.32. The van der Waals surface area contributed by atoms with Gasteiger partial charge in [0, 0.05) is 18.5 Å². The highest BCUT2D eigenvalue weighted by molar-refractivity contribution is 5.98. The van der Waals surface area contributed by atoms with Crippen LogP contribution in [0.4, 0.5) is 0 Å². The van der Waals surface area contributed by atoms with Crippen molar-refractivity contribution in [1.29, 1.82) is 0 Å². The van der Waals surface area contributed by atoms with E-state index < -0.39 is 12.1 Å². The molecule has 3 rings (SSSR count). The number of pyridine rings is 1. The maximum atomic E-state index is 12.8. The molecule has 0 unspecified atom stereocenters. The smallest absolute Gasteiger partial charge is 0.306 e. The Balaban J connectivity index is 1.86. The van der Waals surface area contributed by atoms with Crippen LogP contribution in [0.1, 0.15) is 28.0 Å². The van der Waals surface area contributed by atoms with Crippen molar-refractivity contribution in [2.75, 3.05) is 19.7 Å². The molecule has 0 saturated carbocycles. The first-order valence-electron chi connectivity index (χ1n) is 7.94. The Morgan fingerprint density at radius 3 is 2.88 bits per heavy atom. The molecule has 126 valence electrons. The van der Waals surface area contributed by atoms with Gasteiger partial charge in [-0.25, -0.2) is 0 Å². The summed E-state index contributed by atoms with van der Waals surface area (Å²) in [6, 6.07) is 7.81. The number of rotatable bonds is 3. The van der Waals surface area contributed by atoms with Crippen molar-refractivity contribution in [3.05, 3.63) is 41.1 Å². The standard InChI is InChI=1S/C18H20N2O4/c1-11-3-4-13-8-15(12(2)19-16(13)7-11)18(23)20-5-6-24-14(10-20)9-17(21)22/h3-4,7-8,14H,5-6,9-10H2,1-2H3,(H,21,22)/t14-/m0/s1. The molecule has 2 heterocycles. The van der Waals surface area contributed by atoms with Gasteiger partial charge >= 0.3 is 5.97 Å². The molecule has 1 fully saturated rings. The molecule has 2 aromatic rings. The predicted molar refractivity (Wildman–Crippen MR) is 89.1 cm³/mol. The van der Waals surface area contributed by atoms with Gasteiger partial charge in [0.05, 0.1) is 35.9 Å². The molecule has 1 atom stereocenters. The maximum absolute atomic E-state index is 12.8. The second kappa shape index (κ2) is 6.57. The minimum atomic E-state index is -0.923. The molecule has 24 heavy (non-hydrogen) atoms. The lowest BCUT2D eigenvalue weighted by Crippen LogP contribution is -2.46. The van der Waals surface area contributed by atoms with E-state index in [0.29, 0.717) is 24.4 Å². The van der Waals surface area contributed by atoms with Crippen LogP contribution >= 0.6 is 0 Å². The zero-order valence-electron chi connectivity index (χ0n) is 13.8. The van der Waals surface area contributed by atoms with Crippen LogP contribution in [0, 0.1) is 13.8 Å². The fourth-order valence-corrected chi connectivity index (χ4v) is 2.98. The van der Waals surface area contributed by atoms with Crippen LogP contribution in [0.5, 0.6) is 0 Å². The topological polar surface area (TPSA) is 79.7 Å². The highest BCUT2D eigenvalue weighted by atomic mass is 16.5. The Morgan fingerprint density at radius 2 is 2.12 bits per heavy atom. The molecule has 1 N–H and O–H groups in total. The first-order valence-corrected chi connectivity index (χ1v) is 7.94. The van der Waals surface area contributed by atoms with E-state index in [1.807, 2.05) is 38.1 Å². The van der Waals surface area contributed by atoms with Crippen LogP contribution in [-0.4, -0.2) is 52.7 Å². The second-order valence-electron chi connectivity index (χ2n) is 6.16. The van der Waals surface area contributed by atoms with Gasteiger partial charge in [-0.05, 0) is 31.5 Å². The van der Waals surface area contributed by atoms with Crippen LogP contribution in [0.3, 0.4) is 0 Å². The molecule has 6 nitrogen and oxygen atoms in total. The molecule has 6 heteroatoms. The summed E-state index contributed by atoms with van der Waals surface area (Å²) in [5.41, 5.74) is 3.23. The number of carbonyl (C=O) groups is 2. The Hall–Kier alpha value is -2.47. The second-order valence-corrected chi connectivity index (χ2v) is 6.16. The van der Waals surface area contributed by atoms with Gasteiger partial charge in [-0.1, -0.05) is 12.1 Å². The van der Waals surface area contributed by atoms with Gasteiger partial charge in [0.15, 0.2) is 0 Å². The maximum Gasteiger partial charge on any atom is 0.306 e. The molecule has 0 radical (unpaired) electrons. The van der Waals surface area contributed by atoms with Crippen molar-refractivity contribution in [1.82, 2.24) is 9.88 Å². The predicted octanol–water partition coefficient (Wildman–Crippen LogP) is 2.17. The Kier molecular flexibility index (Phi) is 4.49. The zero-order valence-corrected chi connectivity index (χ0v) is 13.8. The summed E-state index contributed by atoms with van der Waals surface area (Å²) in [5, 5.41) is 9.82. The molecule has 1 aromatic heterocycles. The largest absolute Gasteiger partial charge is 0.481 e. The number of hydrogen-bond donors (Lipinski definition) is 1. The molecular formula is C18H20N2O4. The molecule has 0 aliphatic carbocycles. The molecule has 0 spiro atoms. The van der Waals surface area contributed by atoms with E-state index >= 15 is 0 Å². The molecule has 1 saturated heterocycles. The fraction of sp³-hybridized carbons (Fsp3) is 0.389. The van der Waals surface area contributed by atoms with E-state index in [1.165, 1.54) is 0 Å². The molecule has 0 bridgehead atoms. The van der Waals surface area contributed by atoms with Crippen molar-refractivity contribution in [3.63, 3.8) is 0 Å². The summed E-state index contributed by atoms with van der Waals surface area (Å²) in [7, 11) is 0. The summed E-state index contributed by atoms with van der Waals surface area (Å²) in [5.74, 6) is -1.05. The van der Waals surface area contributed by atoms with E-state index in [-0.39, 0.29) is 18.9 Å². The number of ether oxygens (including phenoxy) is 1. The van der Waals surface area contributed by atoms with Gasteiger partial charge in [0.1, 0.15) is 0 Å². The number of aryl methyl sites for hydroxylation is 2. The Morgan fingerprint density at radius 1 is 1.33 bits per heavy atom. The average Bonchev–Trinajstić information content (AvgIpc) is 2.53. The monoisotopic (exact) mass is 328 g/mol. The van der Waals surface area contributed by atoms with Crippen LogP contribution in [-0.2, 0) is 9.53 Å². The van der Waals surface area contributed by atoms with Crippen molar-refractivity contribution in [3.8, 4) is 0 Å². The number of carboxylic acid groups (broad SMARTS) is 1. The van der Waals surface area contributed by atoms with Crippen LogP contribution in [0.2, 0.25) is 0 Å². The van der Waals surface area contributed by atoms with Gasteiger partial charge in [0.2, 0.25) is 0 Å². The molecule has 1 aliphatic heterocycles. The average molecular weight is 328 g/mol. The lowest BCUT2D eigenvalue weighted by atomic mass is 10.1. The highest BCUT2D eigenvalue weighted by Gasteiger charge is 2.27. The van der Waals surface area contributed by atoms with Crippen molar-refractivity contribution >= 4 is 22.8 Å². The summed E-state index contributed by atoms with van der Waals surface area (Å²) < 4.78 is 5.43. The zero-order chi connectivity index (χ0) is 17.3. The third-order valence-electron chi connectivity index (χ3n) is 4.22. The number of carbonyl (C=O) groups excluding carboxylic acids is 1. The van der Waals surface area contributed by atoms with E-state index in [9.17, 15) is 9.59 Å². The highest BCUT2D eigenvalue weighted by Crippen LogP contribution is 2.20. The number of benzene rings is 1. The van der Waals surface area contributed by atoms with Gasteiger partial charge in [-0.3, -0.25) is 14.6 Å². The van der Waals surface area contributed by atoms with Crippen LogP contribution in [0.25, 0.3) is 10.9 Å². The summed E-state index contributed by atoms with van der Waals surface area (Å²) in [6.07, 6.45) is -0.561. The number of nitrogens with zero attached hydrogens (tertiary/aromatic N) is 2. The molecular weight excluding hydrogens is 308 g/mol. The summed E-state index contributed by atoms with van der Waals surface area (Å²) in [4.78, 5) is 29.9. The third-order valence-corrected chi connectivity index (χ3v) is 4.22. The summed E-state index contributed by atoms with van der Waals surface area (Å²) in [6.45, 7) is 4.93. The molecule has 1 amide bonds. The number of morpholine rings is 1. The number of hydrogen-bond acceptors (Lipinski definition) is 4. The number of amides is 1. The number of aromatic nitrogens is 1. The SMILES string of the molecule is Cc1ccc2cc(C(=O)N3CCO[C@@H](CC(=O)O)C3)c(C)nc2c1. The number of aliphatic carboxylic acids is 1. The number of carboxylic acids is 1. The van der Waals surface area contributed by atoms with Crippen molar-refractivity contribution < 1.29 is 19.4 Å². The van der Waals surface area contributed by atoms with E-state index in [4.69, 9.17) is 9.84 Å². The van der Waals surface area contributed by atoms with Crippen molar-refractivity contribution in [2.24, 2.45) is 0 Å². The first kappa shape index (κ1) is 16.4. The van der Waals surface area contributed by atoms with E-state index in [2.05, 4.69) is 4.98 Å². The van der Waals surface area contributed by atoms with Gasteiger partial charge in [-0.15, -0.1) is 0 Å². The minimum Gasteiger partial charge on any atom is -0.481 e. The van der Waals surface area contributed by atoms with Crippen LogP contribution < -0.4 is 0 Å². The Labute approximate surface area is 140 Å². The fourth-order valence-electron chi connectivity index (χ4n) is 2.98. The lowest BCUT2D eigenvalue weighted by molar-refractivity contribution is -0.141. The quantitative estimate of drug-likeness (QED) is 0.934. The van der Waals surface area contributed by atoms with E-state index in [1.54, 1.807) is 4.90 Å². The van der Waals surface area contributed by atoms with Crippen molar-refractivity contribution in [2.45, 2.75) is 26.4 Å². The number of fused-ring (bicyclic) bond motifs is 1. The third kappa shape index (κ3) is 3.38. The first-order chi connectivity index (χ1) is 11.4. The summed E-state index contributed by atoms with van der Waals surface area (Å²) >= 11 is 0. The molecule has 1 aromatic carbocycles. The Bertz CT molecular complexity index is 803. The van der Waals surface area contributed by atoms with Crippen LogP contribution in [0.15, 0.2) is 24.3 Å². The van der Waals surface area contributed by atoms with E-state index in [0.717, 1.165) is 16.5 Å². The molecule has 1 aliphatic rings. The van der Waals surface area contributed by atoms with Gasteiger partial charge in [0.25, 0.3) is 5.91 Å². The van der Waals surface area contributed by atoms with Gasteiger partial charge < -0.3 is 14.7 Å². The minimum absolute atomic E-state index is 0.0992.